The summed E-state index contributed by atoms with van der Waals surface area (Å²) >= 11 is 0. The fourth-order valence-electron chi connectivity index (χ4n) is 2.32. The number of aryl methyl sites for hydroxylation is 1. The highest BCUT2D eigenvalue weighted by atomic mass is 16.2. The highest BCUT2D eigenvalue weighted by Crippen LogP contribution is 2.13. The summed E-state index contributed by atoms with van der Waals surface area (Å²) in [6.07, 6.45) is 2.42. The Bertz CT molecular complexity index is 701. The predicted molar refractivity (Wildman–Crippen MR) is 94.8 cm³/mol. The molecule has 2 amide bonds. The van der Waals surface area contributed by atoms with E-state index in [0.717, 1.165) is 12.0 Å². The van der Waals surface area contributed by atoms with Crippen LogP contribution in [0.4, 0.5) is 5.82 Å². The van der Waals surface area contributed by atoms with E-state index in [2.05, 4.69) is 15.6 Å². The topological polar surface area (TPSA) is 71.1 Å². The van der Waals surface area contributed by atoms with Gasteiger partial charge in [-0.15, -0.1) is 0 Å². The van der Waals surface area contributed by atoms with Crippen molar-refractivity contribution in [2.24, 2.45) is 5.92 Å². The van der Waals surface area contributed by atoms with Crippen molar-refractivity contribution in [3.8, 4) is 0 Å². The molecule has 24 heavy (non-hydrogen) atoms. The van der Waals surface area contributed by atoms with Crippen molar-refractivity contribution in [2.75, 3.05) is 5.32 Å². The number of amides is 2. The molecule has 0 aliphatic heterocycles. The van der Waals surface area contributed by atoms with Crippen LogP contribution in [0.5, 0.6) is 0 Å². The molecule has 0 spiro atoms. The fourth-order valence-corrected chi connectivity index (χ4v) is 2.32. The molecule has 0 unspecified atom stereocenters. The molecule has 0 saturated heterocycles. The second-order valence-corrected chi connectivity index (χ2v) is 5.91. The van der Waals surface area contributed by atoms with Crippen molar-refractivity contribution in [1.29, 1.82) is 0 Å². The lowest BCUT2D eigenvalue weighted by molar-refractivity contribution is -0.119. The highest BCUT2D eigenvalue weighted by Gasteiger charge is 2.26. The summed E-state index contributed by atoms with van der Waals surface area (Å²) in [6, 6.07) is 11.9. The number of pyridine rings is 1. The second kappa shape index (κ2) is 8.24. The monoisotopic (exact) mass is 325 g/mol. The number of nitrogens with zero attached hydrogens (tertiary/aromatic N) is 1. The molecule has 2 rings (SSSR count). The number of nitrogens with one attached hydrogen (secondary N) is 2. The van der Waals surface area contributed by atoms with Gasteiger partial charge in [-0.2, -0.15) is 0 Å². The smallest absolute Gasteiger partial charge is 0.251 e. The van der Waals surface area contributed by atoms with Crippen molar-refractivity contribution >= 4 is 17.6 Å². The molecule has 0 aliphatic rings. The van der Waals surface area contributed by atoms with Gasteiger partial charge in [-0.05, 0) is 42.7 Å². The zero-order valence-electron chi connectivity index (χ0n) is 14.2. The Morgan fingerprint density at radius 3 is 2.50 bits per heavy atom. The number of hydrogen-bond acceptors (Lipinski definition) is 3. The van der Waals surface area contributed by atoms with Crippen molar-refractivity contribution in [3.05, 3.63) is 59.8 Å². The summed E-state index contributed by atoms with van der Waals surface area (Å²) in [4.78, 5) is 29.1. The lowest BCUT2D eigenvalue weighted by atomic mass is 9.98. The number of carbonyl (C=O) groups excluding carboxylic acids is 2. The molecule has 0 saturated carbocycles. The predicted octanol–water partition coefficient (Wildman–Crippen LogP) is 3.17. The maximum absolute atomic E-state index is 12.6. The first-order valence-electron chi connectivity index (χ1n) is 8.10. The van der Waals surface area contributed by atoms with Gasteiger partial charge in [0.15, 0.2) is 0 Å². The van der Waals surface area contributed by atoms with Gasteiger partial charge in [0.05, 0.1) is 0 Å². The molecule has 0 fully saturated rings. The first-order valence-corrected chi connectivity index (χ1v) is 8.10. The summed E-state index contributed by atoms with van der Waals surface area (Å²) in [7, 11) is 0. The fraction of sp³-hybridized carbons (Fsp3) is 0.316. The Kier molecular flexibility index (Phi) is 6.07. The third-order valence-electron chi connectivity index (χ3n) is 3.98. The van der Waals surface area contributed by atoms with Crippen LogP contribution in [-0.2, 0) is 4.79 Å². The van der Waals surface area contributed by atoms with Crippen molar-refractivity contribution < 1.29 is 9.59 Å². The van der Waals surface area contributed by atoms with Crippen LogP contribution in [0.1, 0.15) is 36.2 Å². The molecule has 0 radical (unpaired) electrons. The van der Waals surface area contributed by atoms with Gasteiger partial charge in [-0.25, -0.2) is 4.98 Å². The molecular formula is C19H23N3O2. The van der Waals surface area contributed by atoms with E-state index in [1.807, 2.05) is 32.9 Å². The first kappa shape index (κ1) is 17.7. The molecule has 1 heterocycles. The van der Waals surface area contributed by atoms with Crippen LogP contribution in [-0.4, -0.2) is 22.8 Å². The zero-order chi connectivity index (χ0) is 17.5. The maximum atomic E-state index is 12.6. The summed E-state index contributed by atoms with van der Waals surface area (Å²) in [6.45, 7) is 5.87. The Labute approximate surface area is 142 Å². The molecule has 0 aliphatic carbocycles. The average molecular weight is 325 g/mol. The highest BCUT2D eigenvalue weighted by molar-refractivity contribution is 6.01. The van der Waals surface area contributed by atoms with Crippen molar-refractivity contribution in [3.63, 3.8) is 0 Å². The van der Waals surface area contributed by atoms with Gasteiger partial charge in [-0.1, -0.05) is 38.5 Å². The number of hydrogen-bond donors (Lipinski definition) is 2. The van der Waals surface area contributed by atoms with E-state index in [0.29, 0.717) is 11.4 Å². The van der Waals surface area contributed by atoms with Gasteiger partial charge >= 0.3 is 0 Å². The zero-order valence-corrected chi connectivity index (χ0v) is 14.2. The molecular weight excluding hydrogens is 302 g/mol. The molecule has 1 aromatic carbocycles. The van der Waals surface area contributed by atoms with E-state index in [4.69, 9.17) is 0 Å². The minimum absolute atomic E-state index is 0.00229. The van der Waals surface area contributed by atoms with Crippen LogP contribution in [0.15, 0.2) is 48.7 Å². The molecule has 1 aromatic heterocycles. The Morgan fingerprint density at radius 2 is 1.88 bits per heavy atom. The summed E-state index contributed by atoms with van der Waals surface area (Å²) < 4.78 is 0. The van der Waals surface area contributed by atoms with Crippen LogP contribution in [0.25, 0.3) is 0 Å². The minimum Gasteiger partial charge on any atom is -0.340 e. The lowest BCUT2D eigenvalue weighted by Crippen LogP contribution is -2.47. The van der Waals surface area contributed by atoms with Gasteiger partial charge in [0.1, 0.15) is 11.9 Å². The van der Waals surface area contributed by atoms with Crippen molar-refractivity contribution in [2.45, 2.75) is 33.2 Å². The summed E-state index contributed by atoms with van der Waals surface area (Å²) in [5.41, 5.74) is 1.54. The van der Waals surface area contributed by atoms with E-state index in [9.17, 15) is 9.59 Å². The molecule has 5 nitrogen and oxygen atoms in total. The Morgan fingerprint density at radius 1 is 1.17 bits per heavy atom. The van der Waals surface area contributed by atoms with Gasteiger partial charge < -0.3 is 10.6 Å². The Balaban J connectivity index is 2.12. The molecule has 2 atom stereocenters. The normalized spacial score (nSPS) is 13.0. The van der Waals surface area contributed by atoms with Gasteiger partial charge in [-0.3, -0.25) is 9.59 Å². The molecule has 0 bridgehead atoms. The van der Waals surface area contributed by atoms with Gasteiger partial charge in [0, 0.05) is 11.8 Å². The molecule has 2 N–H and O–H groups in total. The van der Waals surface area contributed by atoms with Crippen molar-refractivity contribution in [1.82, 2.24) is 10.3 Å². The number of benzene rings is 1. The quantitative estimate of drug-likeness (QED) is 0.857. The second-order valence-electron chi connectivity index (χ2n) is 5.91. The van der Waals surface area contributed by atoms with Crippen LogP contribution in [0, 0.1) is 12.8 Å². The van der Waals surface area contributed by atoms with E-state index >= 15 is 0 Å². The average Bonchev–Trinajstić information content (AvgIpc) is 2.59. The van der Waals surface area contributed by atoms with E-state index in [-0.39, 0.29) is 17.7 Å². The van der Waals surface area contributed by atoms with Gasteiger partial charge in [0.2, 0.25) is 5.91 Å². The maximum Gasteiger partial charge on any atom is 0.251 e. The van der Waals surface area contributed by atoms with Gasteiger partial charge in [0.25, 0.3) is 5.91 Å². The standard InChI is InChI=1S/C19H23N3O2/c1-4-14(3)17(22-18(23)15-8-6-5-7-9-15)19(24)21-16-12-13(2)10-11-20-16/h5-12,14,17H,4H2,1-3H3,(H,22,23)(H,20,21,24)/t14-,17+/m0/s1. The molecule has 126 valence electrons. The Hall–Kier alpha value is -2.69. The molecule has 2 aromatic rings. The molecule has 5 heteroatoms. The summed E-state index contributed by atoms with van der Waals surface area (Å²) in [5, 5.41) is 5.63. The number of aromatic nitrogens is 1. The number of rotatable bonds is 6. The van der Waals surface area contributed by atoms with E-state index in [1.54, 1.807) is 36.5 Å². The first-order chi connectivity index (χ1) is 11.5. The minimum atomic E-state index is -0.620. The van der Waals surface area contributed by atoms with Crippen LogP contribution < -0.4 is 10.6 Å². The summed E-state index contributed by atoms with van der Waals surface area (Å²) in [5.74, 6) is -0.0234. The van der Waals surface area contributed by atoms with Crippen LogP contribution >= 0.6 is 0 Å². The number of anilines is 1. The van der Waals surface area contributed by atoms with E-state index in [1.165, 1.54) is 0 Å². The third kappa shape index (κ3) is 4.65. The van der Waals surface area contributed by atoms with Crippen LogP contribution in [0.3, 0.4) is 0 Å². The van der Waals surface area contributed by atoms with Crippen LogP contribution in [0.2, 0.25) is 0 Å². The third-order valence-corrected chi connectivity index (χ3v) is 3.98. The lowest BCUT2D eigenvalue weighted by Gasteiger charge is -2.23. The SMILES string of the molecule is CC[C@H](C)[C@@H](NC(=O)c1ccccc1)C(=O)Nc1cc(C)ccn1. The van der Waals surface area contributed by atoms with E-state index < -0.39 is 6.04 Å². The number of carbonyl (C=O) groups is 2. The largest absolute Gasteiger partial charge is 0.340 e.